The molecule has 28 heavy (non-hydrogen) atoms. The summed E-state index contributed by atoms with van der Waals surface area (Å²) >= 11 is 7.53. The van der Waals surface area contributed by atoms with E-state index >= 15 is 0 Å². The summed E-state index contributed by atoms with van der Waals surface area (Å²) in [5.74, 6) is -0.960. The predicted molar refractivity (Wildman–Crippen MR) is 111 cm³/mol. The minimum atomic E-state index is -0.528. The van der Waals surface area contributed by atoms with E-state index in [0.717, 1.165) is 21.5 Å². The predicted octanol–water partition coefficient (Wildman–Crippen LogP) is 4.33. The Morgan fingerprint density at radius 3 is 2.43 bits per heavy atom. The zero-order chi connectivity index (χ0) is 19.7. The molecule has 0 aliphatic carbocycles. The number of aryl methyl sites for hydroxylation is 1. The van der Waals surface area contributed by atoms with Gasteiger partial charge in [0.2, 0.25) is 0 Å². The molecule has 6 nitrogen and oxygen atoms in total. The minimum absolute atomic E-state index is 0.189. The molecule has 3 N–H and O–H groups in total. The maximum Gasteiger partial charge on any atom is 0.287 e. The van der Waals surface area contributed by atoms with Crippen molar-refractivity contribution in [2.24, 2.45) is 0 Å². The molecule has 0 spiro atoms. The SMILES string of the molecule is Cc1nc(-c2ccccc2)sc1C(=O)NNC(=O)c1[nH]c2ccccc2c1Cl. The summed E-state index contributed by atoms with van der Waals surface area (Å²) in [6, 6.07) is 16.9. The topological polar surface area (TPSA) is 86.9 Å². The number of para-hydroxylation sites is 1. The van der Waals surface area contributed by atoms with Gasteiger partial charge in [0.25, 0.3) is 11.8 Å². The fourth-order valence-corrected chi connectivity index (χ4v) is 4.07. The van der Waals surface area contributed by atoms with Crippen LogP contribution in [-0.2, 0) is 0 Å². The van der Waals surface area contributed by atoms with Gasteiger partial charge in [0.1, 0.15) is 15.6 Å². The van der Waals surface area contributed by atoms with E-state index in [-0.39, 0.29) is 5.69 Å². The number of amides is 2. The summed E-state index contributed by atoms with van der Waals surface area (Å²) < 4.78 is 0. The highest BCUT2D eigenvalue weighted by Gasteiger charge is 2.19. The second-order valence-corrected chi connectivity index (χ2v) is 7.44. The van der Waals surface area contributed by atoms with Crippen LogP contribution < -0.4 is 10.9 Å². The molecule has 2 aromatic carbocycles. The Morgan fingerprint density at radius 2 is 1.68 bits per heavy atom. The molecule has 0 radical (unpaired) electrons. The smallest absolute Gasteiger partial charge is 0.287 e. The number of halogens is 1. The summed E-state index contributed by atoms with van der Waals surface area (Å²) in [5.41, 5.74) is 7.29. The van der Waals surface area contributed by atoms with Crippen LogP contribution in [0.3, 0.4) is 0 Å². The maximum absolute atomic E-state index is 12.5. The van der Waals surface area contributed by atoms with E-state index < -0.39 is 11.8 Å². The summed E-state index contributed by atoms with van der Waals surface area (Å²) in [5, 5.41) is 1.79. The largest absolute Gasteiger partial charge is 0.349 e. The first-order valence-electron chi connectivity index (χ1n) is 8.44. The number of fused-ring (bicyclic) bond motifs is 1. The third-order valence-electron chi connectivity index (χ3n) is 4.18. The molecule has 8 heteroatoms. The lowest BCUT2D eigenvalue weighted by atomic mass is 10.2. The third kappa shape index (κ3) is 3.37. The number of nitrogens with one attached hydrogen (secondary N) is 3. The Labute approximate surface area is 169 Å². The molecule has 2 aromatic heterocycles. The van der Waals surface area contributed by atoms with Crippen LogP contribution >= 0.6 is 22.9 Å². The number of carbonyl (C=O) groups excluding carboxylic acids is 2. The van der Waals surface area contributed by atoms with Gasteiger partial charge in [0, 0.05) is 16.5 Å². The van der Waals surface area contributed by atoms with Crippen LogP contribution in [0.15, 0.2) is 54.6 Å². The first-order chi connectivity index (χ1) is 13.5. The molecule has 0 aliphatic heterocycles. The van der Waals surface area contributed by atoms with Gasteiger partial charge in [-0.15, -0.1) is 11.3 Å². The summed E-state index contributed by atoms with van der Waals surface area (Å²) in [7, 11) is 0. The number of thiazole rings is 1. The van der Waals surface area contributed by atoms with E-state index in [1.54, 1.807) is 6.92 Å². The molecule has 0 atom stereocenters. The molecular formula is C20H15ClN4O2S. The Bertz CT molecular complexity index is 1180. The molecule has 0 saturated carbocycles. The maximum atomic E-state index is 12.5. The zero-order valence-corrected chi connectivity index (χ0v) is 16.3. The first kappa shape index (κ1) is 18.2. The standard InChI is InChI=1S/C20H15ClN4O2S/c1-11-17(28-20(22-11)12-7-3-2-4-8-12)19(27)25-24-18(26)16-15(21)13-9-5-6-10-14(13)23-16/h2-10,23H,1H3,(H,24,26)(H,25,27). The van der Waals surface area contributed by atoms with E-state index in [1.165, 1.54) is 11.3 Å². The van der Waals surface area contributed by atoms with Crippen LogP contribution in [-0.4, -0.2) is 21.8 Å². The van der Waals surface area contributed by atoms with E-state index in [1.807, 2.05) is 54.6 Å². The van der Waals surface area contributed by atoms with Crippen molar-refractivity contribution in [3.8, 4) is 10.6 Å². The highest BCUT2D eigenvalue weighted by molar-refractivity contribution is 7.17. The van der Waals surface area contributed by atoms with Gasteiger partial charge in [-0.05, 0) is 13.0 Å². The molecule has 2 amide bonds. The van der Waals surface area contributed by atoms with Crippen molar-refractivity contribution in [3.63, 3.8) is 0 Å². The number of benzene rings is 2. The second kappa shape index (κ2) is 7.46. The summed E-state index contributed by atoms with van der Waals surface area (Å²) in [6.45, 7) is 1.76. The number of nitrogens with zero attached hydrogens (tertiary/aromatic N) is 1. The van der Waals surface area contributed by atoms with Crippen molar-refractivity contribution in [2.45, 2.75) is 6.92 Å². The zero-order valence-electron chi connectivity index (χ0n) is 14.7. The van der Waals surface area contributed by atoms with Gasteiger partial charge in [-0.2, -0.15) is 0 Å². The molecule has 0 saturated heterocycles. The fourth-order valence-electron chi connectivity index (χ4n) is 2.81. The number of hydrogen-bond donors (Lipinski definition) is 3. The lowest BCUT2D eigenvalue weighted by Gasteiger charge is -2.05. The molecule has 2 heterocycles. The summed E-state index contributed by atoms with van der Waals surface area (Å²) in [6.07, 6.45) is 0. The third-order valence-corrected chi connectivity index (χ3v) is 5.78. The highest BCUT2D eigenvalue weighted by Crippen LogP contribution is 2.28. The monoisotopic (exact) mass is 410 g/mol. The Morgan fingerprint density at radius 1 is 1.00 bits per heavy atom. The van der Waals surface area contributed by atoms with Crippen molar-refractivity contribution in [1.82, 2.24) is 20.8 Å². The second-order valence-electron chi connectivity index (χ2n) is 6.07. The van der Waals surface area contributed by atoms with Crippen LogP contribution in [0.4, 0.5) is 0 Å². The van der Waals surface area contributed by atoms with E-state index in [2.05, 4.69) is 20.8 Å². The van der Waals surface area contributed by atoms with Crippen LogP contribution in [0.2, 0.25) is 5.02 Å². The molecule has 0 fully saturated rings. The molecule has 0 aliphatic rings. The van der Waals surface area contributed by atoms with E-state index in [0.29, 0.717) is 15.6 Å². The average molecular weight is 411 g/mol. The fraction of sp³-hybridized carbons (Fsp3) is 0.0500. The lowest BCUT2D eigenvalue weighted by Crippen LogP contribution is -2.41. The molecule has 0 unspecified atom stereocenters. The molecule has 4 rings (SSSR count). The number of aromatic nitrogens is 2. The molecular weight excluding hydrogens is 396 g/mol. The average Bonchev–Trinajstić information content (AvgIpc) is 3.27. The van der Waals surface area contributed by atoms with Gasteiger partial charge in [-0.3, -0.25) is 20.4 Å². The quantitative estimate of drug-likeness (QED) is 0.439. The molecule has 140 valence electrons. The van der Waals surface area contributed by atoms with Crippen molar-refractivity contribution in [1.29, 1.82) is 0 Å². The number of hydrazine groups is 1. The number of carbonyl (C=O) groups is 2. The lowest BCUT2D eigenvalue weighted by molar-refractivity contribution is 0.0846. The normalized spacial score (nSPS) is 10.8. The number of H-pyrrole nitrogens is 1. The number of aromatic amines is 1. The van der Waals surface area contributed by atoms with E-state index in [9.17, 15) is 9.59 Å². The van der Waals surface area contributed by atoms with Crippen LogP contribution in [0.25, 0.3) is 21.5 Å². The number of rotatable bonds is 3. The minimum Gasteiger partial charge on any atom is -0.349 e. The Hall–Kier alpha value is -3.16. The summed E-state index contributed by atoms with van der Waals surface area (Å²) in [4.78, 5) is 32.8. The van der Waals surface area contributed by atoms with Crippen molar-refractivity contribution in [3.05, 3.63) is 75.9 Å². The van der Waals surface area contributed by atoms with Gasteiger partial charge in [-0.25, -0.2) is 4.98 Å². The van der Waals surface area contributed by atoms with Crippen molar-refractivity contribution in [2.75, 3.05) is 0 Å². The van der Waals surface area contributed by atoms with Gasteiger partial charge >= 0.3 is 0 Å². The van der Waals surface area contributed by atoms with Gasteiger partial charge in [-0.1, -0.05) is 60.1 Å². The van der Waals surface area contributed by atoms with Crippen LogP contribution in [0, 0.1) is 6.92 Å². The molecule has 4 aromatic rings. The Kier molecular flexibility index (Phi) is 4.85. The van der Waals surface area contributed by atoms with Gasteiger partial charge < -0.3 is 4.98 Å². The van der Waals surface area contributed by atoms with Gasteiger partial charge in [0.05, 0.1) is 10.7 Å². The molecule has 0 bridgehead atoms. The number of hydrogen-bond acceptors (Lipinski definition) is 4. The first-order valence-corrected chi connectivity index (χ1v) is 9.64. The van der Waals surface area contributed by atoms with Crippen LogP contribution in [0.1, 0.15) is 25.9 Å². The highest BCUT2D eigenvalue weighted by atomic mass is 35.5. The van der Waals surface area contributed by atoms with Crippen LogP contribution in [0.5, 0.6) is 0 Å². The van der Waals surface area contributed by atoms with E-state index in [4.69, 9.17) is 11.6 Å². The van der Waals surface area contributed by atoms with Crippen molar-refractivity contribution < 1.29 is 9.59 Å². The van der Waals surface area contributed by atoms with Crippen molar-refractivity contribution >= 4 is 45.7 Å². The Balaban J connectivity index is 1.49. The van der Waals surface area contributed by atoms with Gasteiger partial charge in [0.15, 0.2) is 0 Å².